The van der Waals surface area contributed by atoms with Gasteiger partial charge in [-0.25, -0.2) is 4.39 Å². The van der Waals surface area contributed by atoms with Crippen molar-refractivity contribution in [3.8, 4) is 0 Å². The maximum atomic E-state index is 15.2. The van der Waals surface area contributed by atoms with Crippen molar-refractivity contribution in [3.05, 3.63) is 29.6 Å². The van der Waals surface area contributed by atoms with Crippen LogP contribution >= 0.6 is 0 Å². The van der Waals surface area contributed by atoms with Crippen LogP contribution in [0.4, 0.5) is 10.1 Å². The number of nitrogens with one attached hydrogen (secondary N) is 2. The number of anilines is 1. The molecule has 1 amide bonds. The van der Waals surface area contributed by atoms with E-state index >= 15 is 4.39 Å². The summed E-state index contributed by atoms with van der Waals surface area (Å²) in [5.41, 5.74) is 6.53. The normalized spacial score (nSPS) is 24.3. The topological polar surface area (TPSA) is 112 Å². The lowest BCUT2D eigenvalue weighted by molar-refractivity contribution is -0.188. The zero-order chi connectivity index (χ0) is 29.4. The van der Waals surface area contributed by atoms with E-state index in [-0.39, 0.29) is 29.5 Å². The molecule has 1 saturated heterocycles. The minimum atomic E-state index is -1.22. The smallest absolute Gasteiger partial charge is 0.241 e. The highest BCUT2D eigenvalue weighted by molar-refractivity contribution is 5.95. The standard InChI is InChI=1S/C30H52FN5O4/c1-20-7-9-22(10-8-20)27(32)28(37)33-25-12-11-23(17-24(25)31)21(2)26(34-29(38)40-30(3,4)5)18-39-19-36-15-13-35(6)14-16-36/h11-12,17,20-22,26-27,29,34,38H,7-10,13-16,18-19,32H2,1-6H3,(H,33,37)/t20-,21-,22-,26-,27-,29?/m0/s1. The van der Waals surface area contributed by atoms with Gasteiger partial charge in [-0.3, -0.25) is 15.0 Å². The first-order valence-electron chi connectivity index (χ1n) is 14.8. The van der Waals surface area contributed by atoms with Crippen molar-refractivity contribution in [2.75, 3.05) is 51.9 Å². The van der Waals surface area contributed by atoms with Gasteiger partial charge < -0.3 is 30.5 Å². The molecule has 228 valence electrons. The van der Waals surface area contributed by atoms with Gasteiger partial charge in [-0.15, -0.1) is 0 Å². The second-order valence-electron chi connectivity index (χ2n) is 12.8. The summed E-state index contributed by atoms with van der Waals surface area (Å²) < 4.78 is 26.9. The second-order valence-corrected chi connectivity index (χ2v) is 12.8. The molecule has 4 atom stereocenters. The molecule has 40 heavy (non-hydrogen) atoms. The molecule has 10 heteroatoms. The van der Waals surface area contributed by atoms with Crippen molar-refractivity contribution in [3.63, 3.8) is 0 Å². The highest BCUT2D eigenvalue weighted by atomic mass is 19.1. The molecule has 1 aromatic rings. The fourth-order valence-electron chi connectivity index (χ4n) is 5.40. The lowest BCUT2D eigenvalue weighted by Crippen LogP contribution is -2.49. The molecular weight excluding hydrogens is 513 g/mol. The average molecular weight is 566 g/mol. The van der Waals surface area contributed by atoms with Gasteiger partial charge >= 0.3 is 0 Å². The number of nitrogens with two attached hydrogens (primary N) is 1. The van der Waals surface area contributed by atoms with Gasteiger partial charge in [-0.2, -0.15) is 0 Å². The largest absolute Gasteiger partial charge is 0.364 e. The molecule has 2 aliphatic rings. The molecule has 1 unspecified atom stereocenters. The molecule has 1 heterocycles. The van der Waals surface area contributed by atoms with Crippen molar-refractivity contribution in [2.45, 2.75) is 90.3 Å². The van der Waals surface area contributed by atoms with E-state index in [0.29, 0.717) is 24.8 Å². The Labute approximate surface area is 239 Å². The summed E-state index contributed by atoms with van der Waals surface area (Å²) in [6, 6.07) is 3.80. The second kappa shape index (κ2) is 15.0. The van der Waals surface area contributed by atoms with E-state index in [2.05, 4.69) is 34.4 Å². The van der Waals surface area contributed by atoms with Gasteiger partial charge in [0.2, 0.25) is 12.3 Å². The van der Waals surface area contributed by atoms with Gasteiger partial charge in [0.15, 0.2) is 0 Å². The fraction of sp³-hybridized carbons (Fsp3) is 0.767. The number of nitrogens with zero attached hydrogens (tertiary/aromatic N) is 2. The van der Waals surface area contributed by atoms with Crippen LogP contribution in [0.3, 0.4) is 0 Å². The van der Waals surface area contributed by atoms with Crippen LogP contribution in [0.2, 0.25) is 0 Å². The predicted molar refractivity (Wildman–Crippen MR) is 156 cm³/mol. The number of benzene rings is 1. The molecular formula is C30H52FN5O4. The minimum Gasteiger partial charge on any atom is -0.364 e. The van der Waals surface area contributed by atoms with Crippen LogP contribution in [0.1, 0.15) is 71.8 Å². The van der Waals surface area contributed by atoms with Crippen LogP contribution in [-0.4, -0.2) is 91.5 Å². The monoisotopic (exact) mass is 565 g/mol. The number of carbonyl (C=O) groups is 1. The van der Waals surface area contributed by atoms with E-state index in [1.165, 1.54) is 6.07 Å². The number of piperazine rings is 1. The molecule has 0 radical (unpaired) electrons. The third-order valence-electron chi connectivity index (χ3n) is 8.24. The molecule has 0 aromatic heterocycles. The van der Waals surface area contributed by atoms with Crippen LogP contribution in [0.25, 0.3) is 0 Å². The molecule has 0 spiro atoms. The lowest BCUT2D eigenvalue weighted by atomic mass is 9.79. The summed E-state index contributed by atoms with van der Waals surface area (Å²) in [5.74, 6) is -0.311. The molecule has 3 rings (SSSR count). The van der Waals surface area contributed by atoms with Crippen LogP contribution < -0.4 is 16.4 Å². The number of ether oxygens (including phenoxy) is 2. The Hall–Kier alpha value is -1.66. The number of hydrogen-bond acceptors (Lipinski definition) is 8. The Morgan fingerprint density at radius 2 is 1.82 bits per heavy atom. The maximum Gasteiger partial charge on any atom is 0.241 e. The van der Waals surface area contributed by atoms with Crippen LogP contribution in [0.5, 0.6) is 0 Å². The average Bonchev–Trinajstić information content (AvgIpc) is 2.89. The van der Waals surface area contributed by atoms with Gasteiger partial charge in [0, 0.05) is 32.2 Å². The number of aliphatic hydroxyl groups is 1. The summed E-state index contributed by atoms with van der Waals surface area (Å²) in [7, 11) is 2.11. The third-order valence-corrected chi connectivity index (χ3v) is 8.24. The molecule has 1 aromatic carbocycles. The predicted octanol–water partition coefficient (Wildman–Crippen LogP) is 3.29. The molecule has 1 aliphatic carbocycles. The Balaban J connectivity index is 1.63. The molecule has 9 nitrogen and oxygen atoms in total. The number of rotatable bonds is 12. The highest BCUT2D eigenvalue weighted by Crippen LogP contribution is 2.31. The van der Waals surface area contributed by atoms with E-state index < -0.39 is 23.9 Å². The van der Waals surface area contributed by atoms with E-state index in [1.807, 2.05) is 27.7 Å². The van der Waals surface area contributed by atoms with E-state index in [9.17, 15) is 9.90 Å². The zero-order valence-electron chi connectivity index (χ0n) is 25.3. The van der Waals surface area contributed by atoms with Crippen LogP contribution in [-0.2, 0) is 14.3 Å². The lowest BCUT2D eigenvalue weighted by Gasteiger charge is -2.34. The summed E-state index contributed by atoms with van der Waals surface area (Å²) >= 11 is 0. The highest BCUT2D eigenvalue weighted by Gasteiger charge is 2.29. The summed E-state index contributed by atoms with van der Waals surface area (Å²) in [5, 5.41) is 16.4. The van der Waals surface area contributed by atoms with Gasteiger partial charge in [0.25, 0.3) is 0 Å². The first kappa shape index (κ1) is 32.8. The molecule has 1 aliphatic heterocycles. The van der Waals surface area contributed by atoms with Crippen LogP contribution in [0.15, 0.2) is 18.2 Å². The summed E-state index contributed by atoms with van der Waals surface area (Å²) in [6.07, 6.45) is 2.76. The van der Waals surface area contributed by atoms with E-state index in [4.69, 9.17) is 15.2 Å². The maximum absolute atomic E-state index is 15.2. The molecule has 0 bridgehead atoms. The Morgan fingerprint density at radius 1 is 1.18 bits per heavy atom. The Morgan fingerprint density at radius 3 is 2.42 bits per heavy atom. The van der Waals surface area contributed by atoms with E-state index in [1.54, 1.807) is 12.1 Å². The van der Waals surface area contributed by atoms with Crippen LogP contribution in [0, 0.1) is 17.7 Å². The van der Waals surface area contributed by atoms with Gasteiger partial charge in [0.05, 0.1) is 30.7 Å². The molecule has 5 N–H and O–H groups in total. The molecule has 1 saturated carbocycles. The van der Waals surface area contributed by atoms with Crippen molar-refractivity contribution in [1.29, 1.82) is 0 Å². The minimum absolute atomic E-state index is 0.118. The van der Waals surface area contributed by atoms with Crippen molar-refractivity contribution >= 4 is 11.6 Å². The van der Waals surface area contributed by atoms with Crippen molar-refractivity contribution in [1.82, 2.24) is 15.1 Å². The summed E-state index contributed by atoms with van der Waals surface area (Å²) in [6.45, 7) is 14.4. The Bertz CT molecular complexity index is 929. The summed E-state index contributed by atoms with van der Waals surface area (Å²) in [4.78, 5) is 17.3. The SMILES string of the molecule is C[C@@H](c1ccc(NC(=O)[C@@H](N)[C@H]2CC[C@H](C)CC2)c(F)c1)[C@H](COCN1CCN(C)CC1)NC(O)OC(C)(C)C. The third kappa shape index (κ3) is 10.3. The number of likely N-dealkylation sites (N-methyl/N-ethyl adjacent to an activating group) is 1. The number of carbonyl (C=O) groups excluding carboxylic acids is 1. The number of aliphatic hydroxyl groups excluding tert-OH is 1. The fourth-order valence-corrected chi connectivity index (χ4v) is 5.40. The number of halogens is 1. The molecule has 2 fully saturated rings. The van der Waals surface area contributed by atoms with Gasteiger partial charge in [-0.05, 0) is 76.1 Å². The first-order valence-corrected chi connectivity index (χ1v) is 14.8. The quantitative estimate of drug-likeness (QED) is 0.286. The van der Waals surface area contributed by atoms with Crippen molar-refractivity contribution in [2.24, 2.45) is 17.6 Å². The Kier molecular flexibility index (Phi) is 12.3. The number of amides is 1. The zero-order valence-corrected chi connectivity index (χ0v) is 25.3. The van der Waals surface area contributed by atoms with Crippen molar-refractivity contribution < 1.29 is 23.8 Å². The van der Waals surface area contributed by atoms with Gasteiger partial charge in [0.1, 0.15) is 5.82 Å². The van der Waals surface area contributed by atoms with E-state index in [0.717, 1.165) is 51.9 Å². The van der Waals surface area contributed by atoms with Gasteiger partial charge in [-0.1, -0.05) is 32.8 Å². The number of hydrogen-bond donors (Lipinski definition) is 4. The first-order chi connectivity index (χ1) is 18.8.